The van der Waals surface area contributed by atoms with Crippen LogP contribution in [0, 0.1) is 0 Å². The number of pyridine rings is 3. The molecule has 162 valence electrons. The van der Waals surface area contributed by atoms with E-state index in [1.54, 1.807) is 0 Å². The van der Waals surface area contributed by atoms with Gasteiger partial charge in [-0.1, -0.05) is 48.5 Å². The van der Waals surface area contributed by atoms with Crippen LogP contribution in [0.3, 0.4) is 0 Å². The maximum absolute atomic E-state index is 5.38. The Kier molecular flexibility index (Phi) is 3.11. The summed E-state index contributed by atoms with van der Waals surface area (Å²) in [5.41, 5.74) is 17.1. The second kappa shape index (κ2) is 6.10. The van der Waals surface area contributed by atoms with E-state index in [4.69, 9.17) is 15.0 Å². The number of nitrogens with zero attached hydrogens (tertiary/aromatic N) is 4. The molecule has 35 heavy (non-hydrogen) atoms. The topological polar surface area (TPSA) is 43.1 Å². The second-order valence-electron chi connectivity index (χ2n) is 9.61. The van der Waals surface area contributed by atoms with Gasteiger partial charge in [-0.15, -0.1) is 0 Å². The van der Waals surface area contributed by atoms with Crippen molar-refractivity contribution in [2.75, 3.05) is 0 Å². The third-order valence-corrected chi connectivity index (χ3v) is 7.92. The molecule has 2 aliphatic carbocycles. The molecule has 2 aliphatic rings. The van der Waals surface area contributed by atoms with Crippen LogP contribution in [0.5, 0.6) is 0 Å². The zero-order valence-corrected chi connectivity index (χ0v) is 18.8. The fraction of sp³-hybridized carbons (Fsp3) is 0.0645. The van der Waals surface area contributed by atoms with Crippen LogP contribution < -0.4 is 0 Å². The zero-order valence-electron chi connectivity index (χ0n) is 18.8. The summed E-state index contributed by atoms with van der Waals surface area (Å²) in [6.07, 6.45) is 5.60. The molecule has 7 aromatic rings. The van der Waals surface area contributed by atoms with Gasteiger partial charge in [0.15, 0.2) is 5.65 Å². The first kappa shape index (κ1) is 17.8. The summed E-state index contributed by atoms with van der Waals surface area (Å²) < 4.78 is 2.33. The standard InChI is InChI=1S/C31H18N4/c1-3-9-19-18(8-1)16-23-25(19)22-15-17-7-2-4-10-20(17)26(22)29-30(23)35-24-12-6-14-32-27(24)21-11-5-13-33-28(21)31(35)34-29/h1-14H,15-16H2. The minimum Gasteiger partial charge on any atom is -0.288 e. The number of hydrogen-bond donors (Lipinski definition) is 0. The molecule has 0 fully saturated rings. The molecule has 0 spiro atoms. The van der Waals surface area contributed by atoms with Gasteiger partial charge in [0.1, 0.15) is 5.52 Å². The van der Waals surface area contributed by atoms with Crippen molar-refractivity contribution in [1.82, 2.24) is 19.4 Å². The maximum Gasteiger partial charge on any atom is 0.165 e. The van der Waals surface area contributed by atoms with Crippen LogP contribution >= 0.6 is 0 Å². The smallest absolute Gasteiger partial charge is 0.165 e. The van der Waals surface area contributed by atoms with E-state index in [1.165, 1.54) is 50.0 Å². The summed E-state index contributed by atoms with van der Waals surface area (Å²) in [5.74, 6) is 0. The van der Waals surface area contributed by atoms with Crippen LogP contribution in [0.4, 0.5) is 0 Å². The van der Waals surface area contributed by atoms with E-state index < -0.39 is 0 Å². The Labute approximate surface area is 200 Å². The Hall–Kier alpha value is -4.57. The lowest BCUT2D eigenvalue weighted by atomic mass is 9.93. The van der Waals surface area contributed by atoms with Gasteiger partial charge in [-0.3, -0.25) is 14.4 Å². The van der Waals surface area contributed by atoms with Crippen molar-refractivity contribution >= 4 is 38.6 Å². The maximum atomic E-state index is 5.38. The van der Waals surface area contributed by atoms with Crippen molar-refractivity contribution in [3.63, 3.8) is 0 Å². The Bertz CT molecular complexity index is 2070. The van der Waals surface area contributed by atoms with Crippen LogP contribution in [0.15, 0.2) is 85.2 Å². The monoisotopic (exact) mass is 446 g/mol. The highest BCUT2D eigenvalue weighted by Gasteiger charge is 2.34. The molecule has 0 saturated carbocycles. The lowest BCUT2D eigenvalue weighted by Gasteiger charge is -2.13. The fourth-order valence-electron chi connectivity index (χ4n) is 6.58. The van der Waals surface area contributed by atoms with E-state index in [0.29, 0.717) is 0 Å². The highest BCUT2D eigenvalue weighted by molar-refractivity contribution is 6.14. The molecule has 0 N–H and O–H groups in total. The predicted molar refractivity (Wildman–Crippen MR) is 140 cm³/mol. The number of hydrogen-bond acceptors (Lipinski definition) is 3. The number of aromatic nitrogens is 4. The summed E-state index contributed by atoms with van der Waals surface area (Å²) in [4.78, 5) is 15.0. The number of fused-ring (bicyclic) bond motifs is 17. The van der Waals surface area contributed by atoms with E-state index in [2.05, 4.69) is 65.1 Å². The molecule has 0 unspecified atom stereocenters. The van der Waals surface area contributed by atoms with Gasteiger partial charge in [-0.25, -0.2) is 4.98 Å². The molecule has 0 atom stereocenters. The van der Waals surface area contributed by atoms with Crippen LogP contribution in [0.2, 0.25) is 0 Å². The molecule has 4 aromatic heterocycles. The average molecular weight is 447 g/mol. The fourth-order valence-corrected chi connectivity index (χ4v) is 6.58. The quantitative estimate of drug-likeness (QED) is 0.243. The van der Waals surface area contributed by atoms with E-state index >= 15 is 0 Å². The lowest BCUT2D eigenvalue weighted by Crippen LogP contribution is -1.97. The molecule has 0 saturated heterocycles. The number of imidazole rings is 1. The summed E-state index contributed by atoms with van der Waals surface area (Å²) in [6, 6.07) is 26.0. The van der Waals surface area contributed by atoms with Crippen molar-refractivity contribution in [2.24, 2.45) is 0 Å². The average Bonchev–Trinajstić information content (AvgIpc) is 3.60. The van der Waals surface area contributed by atoms with Gasteiger partial charge in [0, 0.05) is 29.8 Å². The molecule has 0 bridgehead atoms. The molecule has 4 heteroatoms. The lowest BCUT2D eigenvalue weighted by molar-refractivity contribution is 1.21. The minimum absolute atomic E-state index is 0.902. The van der Waals surface area contributed by atoms with Gasteiger partial charge in [0.2, 0.25) is 0 Å². The summed E-state index contributed by atoms with van der Waals surface area (Å²) >= 11 is 0. The van der Waals surface area contributed by atoms with E-state index in [9.17, 15) is 0 Å². The van der Waals surface area contributed by atoms with Gasteiger partial charge < -0.3 is 0 Å². The highest BCUT2D eigenvalue weighted by Crippen LogP contribution is 2.52. The largest absolute Gasteiger partial charge is 0.288 e. The third kappa shape index (κ3) is 2.07. The molecule has 0 amide bonds. The molecule has 9 rings (SSSR count). The Morgan fingerprint density at radius 1 is 0.600 bits per heavy atom. The van der Waals surface area contributed by atoms with Gasteiger partial charge in [-0.2, -0.15) is 0 Å². The summed E-state index contributed by atoms with van der Waals surface area (Å²) in [7, 11) is 0. The molecule has 4 heterocycles. The van der Waals surface area contributed by atoms with Crippen molar-refractivity contribution in [3.05, 3.63) is 107 Å². The Morgan fingerprint density at radius 3 is 2.11 bits per heavy atom. The molecular formula is C31H18N4. The van der Waals surface area contributed by atoms with Crippen molar-refractivity contribution < 1.29 is 0 Å². The van der Waals surface area contributed by atoms with Crippen LogP contribution in [-0.2, 0) is 12.8 Å². The molecule has 3 aromatic carbocycles. The third-order valence-electron chi connectivity index (χ3n) is 7.92. The first-order valence-electron chi connectivity index (χ1n) is 12.1. The van der Waals surface area contributed by atoms with Crippen molar-refractivity contribution in [2.45, 2.75) is 12.8 Å². The number of benzene rings is 3. The first-order chi connectivity index (χ1) is 17.4. The molecule has 4 nitrogen and oxygen atoms in total. The van der Waals surface area contributed by atoms with Crippen LogP contribution in [0.25, 0.3) is 60.9 Å². The Morgan fingerprint density at radius 2 is 1.29 bits per heavy atom. The summed E-state index contributed by atoms with van der Waals surface area (Å²) in [5, 5.41) is 1.04. The molecule has 0 aliphatic heterocycles. The van der Waals surface area contributed by atoms with Gasteiger partial charge in [-0.05, 0) is 69.6 Å². The van der Waals surface area contributed by atoms with Gasteiger partial charge in [0.05, 0.1) is 22.1 Å². The first-order valence-corrected chi connectivity index (χ1v) is 12.1. The van der Waals surface area contributed by atoms with E-state index in [0.717, 1.165) is 45.9 Å². The normalized spacial score (nSPS) is 13.5. The van der Waals surface area contributed by atoms with Crippen LogP contribution in [-0.4, -0.2) is 19.4 Å². The summed E-state index contributed by atoms with van der Waals surface area (Å²) in [6.45, 7) is 0. The number of rotatable bonds is 0. The molecule has 0 radical (unpaired) electrons. The molecular weight excluding hydrogens is 428 g/mol. The van der Waals surface area contributed by atoms with Gasteiger partial charge in [0.25, 0.3) is 0 Å². The van der Waals surface area contributed by atoms with Crippen LogP contribution in [0.1, 0.15) is 22.3 Å². The highest BCUT2D eigenvalue weighted by atomic mass is 15.0. The van der Waals surface area contributed by atoms with Crippen molar-refractivity contribution in [1.29, 1.82) is 0 Å². The zero-order chi connectivity index (χ0) is 22.7. The Balaban J connectivity index is 1.60. The second-order valence-corrected chi connectivity index (χ2v) is 9.61. The predicted octanol–water partition coefficient (Wildman–Crippen LogP) is 6.73. The van der Waals surface area contributed by atoms with E-state index in [-0.39, 0.29) is 0 Å². The minimum atomic E-state index is 0.902. The SMILES string of the molecule is c1ccc2c(c1)Cc1c-2c2c(c3nc4c5ncccc5c5ncccc5n4c13)-c1ccccc1C2. The van der Waals surface area contributed by atoms with Gasteiger partial charge >= 0.3 is 0 Å². The van der Waals surface area contributed by atoms with E-state index in [1.807, 2.05) is 24.5 Å². The van der Waals surface area contributed by atoms with Crippen molar-refractivity contribution in [3.8, 4) is 22.3 Å².